The van der Waals surface area contributed by atoms with Crippen molar-refractivity contribution in [3.05, 3.63) is 53.5 Å². The third-order valence-electron chi connectivity index (χ3n) is 5.83. The monoisotopic (exact) mass is 416 g/mol. The van der Waals surface area contributed by atoms with Crippen molar-refractivity contribution < 1.29 is 22.4 Å². The molecule has 1 aliphatic heterocycles. The molecule has 1 N–H and O–H groups in total. The van der Waals surface area contributed by atoms with Crippen LogP contribution in [-0.2, 0) is 32.7 Å². The van der Waals surface area contributed by atoms with Crippen LogP contribution in [0.5, 0.6) is 0 Å². The predicted octanol–water partition coefficient (Wildman–Crippen LogP) is 2.74. The second-order valence-corrected chi connectivity index (χ2v) is 9.50. The molecule has 2 unspecified atom stereocenters. The van der Waals surface area contributed by atoms with Gasteiger partial charge in [0, 0.05) is 0 Å². The van der Waals surface area contributed by atoms with Gasteiger partial charge in [0.05, 0.1) is 36.1 Å². The average Bonchev–Trinajstić information content (AvgIpc) is 3.31. The number of nitrogens with one attached hydrogen (secondary N) is 1. The lowest BCUT2D eigenvalue weighted by atomic mass is 9.81. The lowest BCUT2D eigenvalue weighted by molar-refractivity contribution is -0.140. The van der Waals surface area contributed by atoms with Crippen LogP contribution < -0.4 is 4.72 Å². The topological polar surface area (TPSA) is 96.7 Å². The lowest BCUT2D eigenvalue weighted by Gasteiger charge is -2.19. The molecule has 1 saturated carbocycles. The molecular formula is C21H24N2O5S. The van der Waals surface area contributed by atoms with Gasteiger partial charge in [-0.2, -0.15) is 0 Å². The third kappa shape index (κ3) is 3.86. The highest BCUT2D eigenvalue weighted by atomic mass is 32.2. The SMILES string of the molecule is Cc1ccc(CN2C(=O)C3CCCCC3C2=O)cc1S(=O)(=O)NCc1ccco1. The van der Waals surface area contributed by atoms with Gasteiger partial charge < -0.3 is 4.42 Å². The number of imide groups is 1. The Morgan fingerprint density at radius 2 is 1.79 bits per heavy atom. The number of carbonyl (C=O) groups is 2. The fourth-order valence-electron chi connectivity index (χ4n) is 4.26. The second kappa shape index (κ2) is 7.76. The highest BCUT2D eigenvalue weighted by molar-refractivity contribution is 7.89. The molecule has 0 radical (unpaired) electrons. The van der Waals surface area contributed by atoms with Gasteiger partial charge in [0.25, 0.3) is 0 Å². The zero-order valence-electron chi connectivity index (χ0n) is 16.3. The van der Waals surface area contributed by atoms with E-state index in [0.29, 0.717) is 16.9 Å². The summed E-state index contributed by atoms with van der Waals surface area (Å²) in [5.41, 5.74) is 1.21. The summed E-state index contributed by atoms with van der Waals surface area (Å²) in [5.74, 6) is -0.153. The van der Waals surface area contributed by atoms with Crippen LogP contribution in [0.15, 0.2) is 45.9 Å². The van der Waals surface area contributed by atoms with Gasteiger partial charge >= 0.3 is 0 Å². The van der Waals surface area contributed by atoms with E-state index in [-0.39, 0.29) is 41.6 Å². The summed E-state index contributed by atoms with van der Waals surface area (Å²) in [4.78, 5) is 26.8. The quantitative estimate of drug-likeness (QED) is 0.731. The Bertz CT molecular complexity index is 1010. The van der Waals surface area contributed by atoms with Crippen LogP contribution in [0.25, 0.3) is 0 Å². The molecule has 0 bridgehead atoms. The van der Waals surface area contributed by atoms with Crippen molar-refractivity contribution in [2.45, 2.75) is 50.6 Å². The minimum Gasteiger partial charge on any atom is -0.468 e. The van der Waals surface area contributed by atoms with Crippen LogP contribution >= 0.6 is 0 Å². The van der Waals surface area contributed by atoms with Gasteiger partial charge in [-0.15, -0.1) is 0 Å². The van der Waals surface area contributed by atoms with Crippen LogP contribution in [-0.4, -0.2) is 25.1 Å². The Morgan fingerprint density at radius 3 is 2.41 bits per heavy atom. The van der Waals surface area contributed by atoms with Crippen LogP contribution in [0.1, 0.15) is 42.6 Å². The number of fused-ring (bicyclic) bond motifs is 1. The van der Waals surface area contributed by atoms with Crippen molar-refractivity contribution in [3.63, 3.8) is 0 Å². The minimum atomic E-state index is -3.77. The predicted molar refractivity (Wildman–Crippen MR) is 105 cm³/mol. The molecule has 8 heteroatoms. The van der Waals surface area contributed by atoms with E-state index in [0.717, 1.165) is 25.7 Å². The van der Waals surface area contributed by atoms with Gasteiger partial charge in [0.2, 0.25) is 21.8 Å². The summed E-state index contributed by atoms with van der Waals surface area (Å²) in [6.07, 6.45) is 4.95. The first-order valence-corrected chi connectivity index (χ1v) is 11.3. The first-order valence-electron chi connectivity index (χ1n) is 9.83. The van der Waals surface area contributed by atoms with E-state index in [1.807, 2.05) is 0 Å². The number of nitrogens with zero attached hydrogens (tertiary/aromatic N) is 1. The van der Waals surface area contributed by atoms with E-state index in [1.54, 1.807) is 37.3 Å². The molecule has 7 nitrogen and oxygen atoms in total. The maximum atomic E-state index is 12.8. The molecule has 2 aromatic rings. The van der Waals surface area contributed by atoms with Crippen molar-refractivity contribution in [2.24, 2.45) is 11.8 Å². The first-order chi connectivity index (χ1) is 13.9. The van der Waals surface area contributed by atoms with Crippen LogP contribution in [0.3, 0.4) is 0 Å². The summed E-state index contributed by atoms with van der Waals surface area (Å²) in [7, 11) is -3.77. The number of sulfonamides is 1. The first kappa shape index (κ1) is 19.8. The number of likely N-dealkylation sites (tertiary alicyclic amines) is 1. The number of amides is 2. The van der Waals surface area contributed by atoms with Crippen molar-refractivity contribution >= 4 is 21.8 Å². The molecule has 154 valence electrons. The molecule has 2 aliphatic rings. The summed E-state index contributed by atoms with van der Waals surface area (Å²) in [6, 6.07) is 8.40. The van der Waals surface area contributed by atoms with E-state index >= 15 is 0 Å². The highest BCUT2D eigenvalue weighted by Crippen LogP contribution is 2.38. The largest absolute Gasteiger partial charge is 0.468 e. The summed E-state index contributed by atoms with van der Waals surface area (Å²) in [6.45, 7) is 1.86. The zero-order chi connectivity index (χ0) is 20.6. The Balaban J connectivity index is 1.54. The lowest BCUT2D eigenvalue weighted by Crippen LogP contribution is -2.30. The molecular weight excluding hydrogens is 392 g/mol. The average molecular weight is 416 g/mol. The standard InChI is InChI=1S/C21H24N2O5S/c1-14-8-9-15(11-19(14)29(26,27)22-12-16-5-4-10-28-16)13-23-20(24)17-6-2-3-7-18(17)21(23)25/h4-5,8-11,17-18,22H,2-3,6-7,12-13H2,1H3. The Labute approximate surface area is 170 Å². The number of rotatable bonds is 6. The van der Waals surface area contributed by atoms with E-state index in [2.05, 4.69) is 4.72 Å². The van der Waals surface area contributed by atoms with E-state index in [1.165, 1.54) is 11.2 Å². The molecule has 0 spiro atoms. The maximum absolute atomic E-state index is 12.8. The normalized spacial score (nSPS) is 22.2. The van der Waals surface area contributed by atoms with Crippen molar-refractivity contribution in [1.29, 1.82) is 0 Å². The minimum absolute atomic E-state index is 0.0471. The van der Waals surface area contributed by atoms with Crippen molar-refractivity contribution in [1.82, 2.24) is 9.62 Å². The summed E-state index contributed by atoms with van der Waals surface area (Å²) in [5, 5.41) is 0. The van der Waals surface area contributed by atoms with E-state index in [4.69, 9.17) is 4.42 Å². The van der Waals surface area contributed by atoms with Crippen LogP contribution in [0, 0.1) is 18.8 Å². The molecule has 1 aromatic heterocycles. The maximum Gasteiger partial charge on any atom is 0.241 e. The number of benzene rings is 1. The van der Waals surface area contributed by atoms with Crippen molar-refractivity contribution in [3.8, 4) is 0 Å². The number of furan rings is 1. The van der Waals surface area contributed by atoms with Gasteiger partial charge in [-0.25, -0.2) is 13.1 Å². The molecule has 4 rings (SSSR count). The van der Waals surface area contributed by atoms with Gasteiger partial charge in [-0.1, -0.05) is 25.0 Å². The molecule has 2 fully saturated rings. The van der Waals surface area contributed by atoms with Gasteiger partial charge in [0.15, 0.2) is 0 Å². The molecule has 2 atom stereocenters. The fourth-order valence-corrected chi connectivity index (χ4v) is 5.55. The molecule has 1 aliphatic carbocycles. The number of hydrogen-bond donors (Lipinski definition) is 1. The zero-order valence-corrected chi connectivity index (χ0v) is 17.1. The molecule has 2 heterocycles. The Morgan fingerprint density at radius 1 is 1.10 bits per heavy atom. The van der Waals surface area contributed by atoms with Crippen LogP contribution in [0.4, 0.5) is 0 Å². The fraction of sp³-hybridized carbons (Fsp3) is 0.429. The van der Waals surface area contributed by atoms with E-state index < -0.39 is 10.0 Å². The van der Waals surface area contributed by atoms with Crippen molar-refractivity contribution in [2.75, 3.05) is 0 Å². The Hall–Kier alpha value is -2.45. The van der Waals surface area contributed by atoms with Crippen LogP contribution in [0.2, 0.25) is 0 Å². The second-order valence-electron chi connectivity index (χ2n) is 7.76. The number of aryl methyl sites for hydroxylation is 1. The molecule has 1 aromatic carbocycles. The Kier molecular flexibility index (Phi) is 5.31. The molecule has 2 amide bonds. The molecule has 1 saturated heterocycles. The number of carbonyl (C=O) groups excluding carboxylic acids is 2. The smallest absolute Gasteiger partial charge is 0.241 e. The van der Waals surface area contributed by atoms with Gasteiger partial charge in [-0.05, 0) is 49.1 Å². The summed E-state index contributed by atoms with van der Waals surface area (Å²) >= 11 is 0. The van der Waals surface area contributed by atoms with Gasteiger partial charge in [0.1, 0.15) is 5.76 Å². The van der Waals surface area contributed by atoms with E-state index in [9.17, 15) is 18.0 Å². The van der Waals surface area contributed by atoms with Gasteiger partial charge in [-0.3, -0.25) is 14.5 Å². The molecule has 29 heavy (non-hydrogen) atoms. The third-order valence-corrected chi connectivity index (χ3v) is 7.37. The number of hydrogen-bond acceptors (Lipinski definition) is 5. The summed E-state index contributed by atoms with van der Waals surface area (Å²) < 4.78 is 33.2. The highest BCUT2D eigenvalue weighted by Gasteiger charge is 2.47.